The highest BCUT2D eigenvalue weighted by Crippen LogP contribution is 2.20. The van der Waals surface area contributed by atoms with Crippen LogP contribution in [0.4, 0.5) is 11.5 Å². The number of rotatable bonds is 7. The van der Waals surface area contributed by atoms with Crippen LogP contribution in [0.25, 0.3) is 0 Å². The highest BCUT2D eigenvalue weighted by Gasteiger charge is 2.15. The summed E-state index contributed by atoms with van der Waals surface area (Å²) in [5, 5.41) is 2.69. The second-order valence-electron chi connectivity index (χ2n) is 6.21. The first-order valence-electron chi connectivity index (χ1n) is 8.98. The van der Waals surface area contributed by atoms with Gasteiger partial charge in [-0.2, -0.15) is 0 Å². The van der Waals surface area contributed by atoms with E-state index >= 15 is 0 Å². The van der Waals surface area contributed by atoms with Crippen LogP contribution in [0.3, 0.4) is 0 Å². The van der Waals surface area contributed by atoms with Crippen LogP contribution in [0.1, 0.15) is 23.0 Å². The van der Waals surface area contributed by atoms with Crippen LogP contribution in [-0.4, -0.2) is 25.9 Å². The minimum Gasteiger partial charge on any atom is -0.494 e. The summed E-state index contributed by atoms with van der Waals surface area (Å²) in [4.78, 5) is 16.6. The molecule has 29 heavy (non-hydrogen) atoms. The Balaban J connectivity index is 1.70. The van der Waals surface area contributed by atoms with Crippen LogP contribution in [0, 0.1) is 6.92 Å². The van der Waals surface area contributed by atoms with Crippen molar-refractivity contribution in [2.24, 2.45) is 0 Å². The van der Waals surface area contributed by atoms with Gasteiger partial charge >= 0.3 is 0 Å². The van der Waals surface area contributed by atoms with Gasteiger partial charge in [-0.15, -0.1) is 0 Å². The molecule has 0 radical (unpaired) electrons. The summed E-state index contributed by atoms with van der Waals surface area (Å²) < 4.78 is 33.0. The highest BCUT2D eigenvalue weighted by atomic mass is 32.2. The molecule has 3 rings (SSSR count). The van der Waals surface area contributed by atoms with Crippen LogP contribution >= 0.6 is 0 Å². The molecule has 1 amide bonds. The monoisotopic (exact) mass is 411 g/mol. The normalized spacial score (nSPS) is 11.0. The van der Waals surface area contributed by atoms with E-state index in [0.717, 1.165) is 5.69 Å². The Morgan fingerprint density at radius 2 is 1.69 bits per heavy atom. The van der Waals surface area contributed by atoms with E-state index in [1.54, 1.807) is 36.4 Å². The van der Waals surface area contributed by atoms with Crippen LogP contribution in [0.15, 0.2) is 71.6 Å². The fourth-order valence-electron chi connectivity index (χ4n) is 2.59. The standard InChI is InChI=1S/C21H21N3O4S/c1-3-28-18-11-9-17(10-12-18)24-29(26,27)19-13-7-16(8-14-19)21(25)23-20-6-4-5-15(2)22-20/h4-14,24H,3H2,1-2H3,(H,22,23,25). The Hall–Kier alpha value is -3.39. The van der Waals surface area contributed by atoms with E-state index < -0.39 is 10.0 Å². The van der Waals surface area contributed by atoms with Gasteiger partial charge in [-0.3, -0.25) is 9.52 Å². The van der Waals surface area contributed by atoms with Crippen molar-refractivity contribution >= 4 is 27.4 Å². The van der Waals surface area contributed by atoms with E-state index in [4.69, 9.17) is 4.74 Å². The molecule has 2 N–H and O–H groups in total. The fraction of sp³-hybridized carbons (Fsp3) is 0.143. The first-order valence-corrected chi connectivity index (χ1v) is 10.5. The molecule has 0 fully saturated rings. The minimum absolute atomic E-state index is 0.0524. The average Bonchev–Trinajstić information content (AvgIpc) is 2.69. The summed E-state index contributed by atoms with van der Waals surface area (Å²) in [5.41, 5.74) is 1.53. The van der Waals surface area contributed by atoms with Gasteiger partial charge in [0.1, 0.15) is 11.6 Å². The summed E-state index contributed by atoms with van der Waals surface area (Å²) >= 11 is 0. The van der Waals surface area contributed by atoms with Gasteiger partial charge < -0.3 is 10.1 Å². The third kappa shape index (κ3) is 5.32. The third-order valence-corrected chi connectivity index (χ3v) is 5.37. The number of carbonyl (C=O) groups excluding carboxylic acids is 1. The van der Waals surface area contributed by atoms with Gasteiger partial charge in [0.2, 0.25) is 0 Å². The maximum absolute atomic E-state index is 12.6. The second-order valence-corrected chi connectivity index (χ2v) is 7.89. The average molecular weight is 411 g/mol. The number of benzene rings is 2. The molecule has 0 aliphatic carbocycles. The number of hydrogen-bond acceptors (Lipinski definition) is 5. The second kappa shape index (κ2) is 8.74. The molecule has 0 saturated heterocycles. The molecular formula is C21H21N3O4S. The predicted octanol–water partition coefficient (Wildman–Crippen LogP) is 3.84. The van der Waals surface area contributed by atoms with Crippen molar-refractivity contribution in [3.8, 4) is 5.75 Å². The number of carbonyl (C=O) groups is 1. The van der Waals surface area contributed by atoms with Gasteiger partial charge in [0.25, 0.3) is 15.9 Å². The number of anilines is 2. The van der Waals surface area contributed by atoms with Crippen molar-refractivity contribution in [2.75, 3.05) is 16.6 Å². The van der Waals surface area contributed by atoms with Gasteiger partial charge in [-0.05, 0) is 74.5 Å². The van der Waals surface area contributed by atoms with Gasteiger partial charge in [-0.1, -0.05) is 6.07 Å². The third-order valence-electron chi connectivity index (χ3n) is 3.97. The van der Waals surface area contributed by atoms with Crippen LogP contribution in [-0.2, 0) is 10.0 Å². The van der Waals surface area contributed by atoms with E-state index in [1.807, 2.05) is 19.9 Å². The maximum Gasteiger partial charge on any atom is 0.261 e. The number of ether oxygens (including phenoxy) is 1. The van der Waals surface area contributed by atoms with E-state index in [2.05, 4.69) is 15.0 Å². The van der Waals surface area contributed by atoms with Gasteiger partial charge in [0, 0.05) is 16.9 Å². The van der Waals surface area contributed by atoms with Crippen molar-refractivity contribution in [2.45, 2.75) is 18.7 Å². The zero-order valence-corrected chi connectivity index (χ0v) is 16.9. The largest absolute Gasteiger partial charge is 0.494 e. The number of amides is 1. The number of aromatic nitrogens is 1. The molecule has 0 atom stereocenters. The molecule has 0 saturated carbocycles. The summed E-state index contributed by atoms with van der Waals surface area (Å²) in [6.45, 7) is 4.23. The number of nitrogens with one attached hydrogen (secondary N) is 2. The molecule has 0 bridgehead atoms. The smallest absolute Gasteiger partial charge is 0.261 e. The number of hydrogen-bond donors (Lipinski definition) is 2. The van der Waals surface area contributed by atoms with E-state index in [1.165, 1.54) is 24.3 Å². The Morgan fingerprint density at radius 3 is 2.31 bits per heavy atom. The molecule has 7 nitrogen and oxygen atoms in total. The number of pyridine rings is 1. The number of sulfonamides is 1. The lowest BCUT2D eigenvalue weighted by Gasteiger charge is -2.10. The first-order chi connectivity index (χ1) is 13.9. The molecule has 0 unspecified atom stereocenters. The Morgan fingerprint density at radius 1 is 1.00 bits per heavy atom. The highest BCUT2D eigenvalue weighted by molar-refractivity contribution is 7.92. The zero-order valence-electron chi connectivity index (χ0n) is 16.0. The number of nitrogens with zero attached hydrogens (tertiary/aromatic N) is 1. The lowest BCUT2D eigenvalue weighted by Crippen LogP contribution is -2.15. The van der Waals surface area contributed by atoms with Gasteiger partial charge in [-0.25, -0.2) is 13.4 Å². The summed E-state index contributed by atoms with van der Waals surface area (Å²) in [5.74, 6) is 0.726. The van der Waals surface area contributed by atoms with Crippen LogP contribution in [0.2, 0.25) is 0 Å². The lowest BCUT2D eigenvalue weighted by atomic mass is 10.2. The molecule has 0 aliphatic heterocycles. The van der Waals surface area contributed by atoms with Crippen molar-refractivity contribution < 1.29 is 17.9 Å². The zero-order chi connectivity index (χ0) is 20.9. The van der Waals surface area contributed by atoms with E-state index in [9.17, 15) is 13.2 Å². The van der Waals surface area contributed by atoms with Crippen LogP contribution in [0.5, 0.6) is 5.75 Å². The topological polar surface area (TPSA) is 97.4 Å². The summed E-state index contributed by atoms with van der Waals surface area (Å²) in [6.07, 6.45) is 0. The maximum atomic E-state index is 12.6. The van der Waals surface area contributed by atoms with E-state index in [-0.39, 0.29) is 10.8 Å². The quantitative estimate of drug-likeness (QED) is 0.616. The molecule has 2 aromatic carbocycles. The summed E-state index contributed by atoms with van der Waals surface area (Å²) in [6, 6.07) is 17.6. The SMILES string of the molecule is CCOc1ccc(NS(=O)(=O)c2ccc(C(=O)Nc3cccc(C)n3)cc2)cc1. The van der Waals surface area contributed by atoms with Crippen molar-refractivity contribution in [3.05, 3.63) is 78.0 Å². The first kappa shape index (κ1) is 20.3. The fourth-order valence-corrected chi connectivity index (χ4v) is 3.65. The lowest BCUT2D eigenvalue weighted by molar-refractivity contribution is 0.102. The Bertz CT molecular complexity index is 1100. The van der Waals surface area contributed by atoms with Gasteiger partial charge in [0.05, 0.1) is 11.5 Å². The van der Waals surface area contributed by atoms with Crippen molar-refractivity contribution in [3.63, 3.8) is 0 Å². The number of aryl methyl sites for hydroxylation is 1. The molecular weight excluding hydrogens is 390 g/mol. The Labute approximate surface area is 169 Å². The molecule has 8 heteroatoms. The van der Waals surface area contributed by atoms with E-state index in [0.29, 0.717) is 29.4 Å². The molecule has 1 aromatic heterocycles. The van der Waals surface area contributed by atoms with Crippen molar-refractivity contribution in [1.29, 1.82) is 0 Å². The van der Waals surface area contributed by atoms with Crippen LogP contribution < -0.4 is 14.8 Å². The molecule has 1 heterocycles. The molecule has 0 aliphatic rings. The molecule has 150 valence electrons. The predicted molar refractivity (Wildman–Crippen MR) is 112 cm³/mol. The Kier molecular flexibility index (Phi) is 6.13. The minimum atomic E-state index is -3.78. The molecule has 3 aromatic rings. The van der Waals surface area contributed by atoms with Crippen molar-refractivity contribution in [1.82, 2.24) is 4.98 Å². The van der Waals surface area contributed by atoms with Gasteiger partial charge in [0.15, 0.2) is 0 Å². The summed E-state index contributed by atoms with van der Waals surface area (Å²) in [7, 11) is -3.78. The molecule has 0 spiro atoms.